The van der Waals surface area contributed by atoms with Crippen molar-refractivity contribution in [2.45, 2.75) is 77.5 Å². The number of phenolic OH excluding ortho intramolecular Hbond substituents is 2. The summed E-state index contributed by atoms with van der Waals surface area (Å²) < 4.78 is 10.6. The molecule has 3 atom stereocenters. The molecule has 0 aliphatic heterocycles. The Morgan fingerprint density at radius 3 is 2.33 bits per heavy atom. The van der Waals surface area contributed by atoms with Crippen LogP contribution in [0.4, 0.5) is 0 Å². The molecular formula is C20H31NO6. The number of rotatable bonds is 11. The van der Waals surface area contributed by atoms with Gasteiger partial charge in [0.15, 0.2) is 11.5 Å². The minimum atomic E-state index is -0.937. The molecule has 27 heavy (non-hydrogen) atoms. The first-order chi connectivity index (χ1) is 12.7. The number of carbonyl (C=O) groups is 2. The molecule has 0 radical (unpaired) electrons. The molecule has 0 bridgehead atoms. The summed E-state index contributed by atoms with van der Waals surface area (Å²) in [6.07, 6.45) is 3.27. The van der Waals surface area contributed by atoms with Gasteiger partial charge in [-0.25, -0.2) is 0 Å². The van der Waals surface area contributed by atoms with Gasteiger partial charge in [-0.1, -0.05) is 32.3 Å². The number of hydrogen-bond acceptors (Lipinski definition) is 7. The van der Waals surface area contributed by atoms with Crippen LogP contribution in [0.5, 0.6) is 11.5 Å². The maximum atomic E-state index is 12.1. The molecule has 1 aromatic carbocycles. The maximum Gasteiger partial charge on any atom is 0.323 e. The van der Waals surface area contributed by atoms with Crippen molar-refractivity contribution < 1.29 is 29.3 Å². The van der Waals surface area contributed by atoms with Crippen LogP contribution in [0, 0.1) is 0 Å². The van der Waals surface area contributed by atoms with Crippen LogP contribution in [0.3, 0.4) is 0 Å². The molecule has 0 aliphatic carbocycles. The van der Waals surface area contributed by atoms with Gasteiger partial charge in [0.2, 0.25) is 0 Å². The summed E-state index contributed by atoms with van der Waals surface area (Å²) in [6, 6.07) is 3.30. The molecule has 7 heteroatoms. The Bertz CT molecular complexity index is 618. The molecule has 152 valence electrons. The molecular weight excluding hydrogens is 350 g/mol. The van der Waals surface area contributed by atoms with Crippen LogP contribution in [0.15, 0.2) is 18.2 Å². The second kappa shape index (κ2) is 11.4. The predicted molar refractivity (Wildman–Crippen MR) is 101 cm³/mol. The molecule has 1 unspecified atom stereocenters. The number of phenols is 2. The number of unbranched alkanes of at least 4 members (excludes halogenated alkanes) is 3. The molecule has 0 heterocycles. The monoisotopic (exact) mass is 381 g/mol. The van der Waals surface area contributed by atoms with E-state index in [0.717, 1.165) is 25.7 Å². The number of ether oxygens (including phenoxy) is 2. The average molecular weight is 381 g/mol. The summed E-state index contributed by atoms with van der Waals surface area (Å²) in [5.74, 6) is -1.44. The van der Waals surface area contributed by atoms with E-state index in [1.54, 1.807) is 19.9 Å². The maximum absolute atomic E-state index is 12.1. The smallest absolute Gasteiger partial charge is 0.323 e. The Labute approximate surface area is 160 Å². The fourth-order valence-corrected chi connectivity index (χ4v) is 2.46. The lowest BCUT2D eigenvalue weighted by molar-refractivity contribution is -0.166. The molecule has 0 fully saturated rings. The second-order valence-corrected chi connectivity index (χ2v) is 6.78. The molecule has 0 spiro atoms. The van der Waals surface area contributed by atoms with E-state index in [0.29, 0.717) is 12.0 Å². The topological polar surface area (TPSA) is 119 Å². The highest BCUT2D eigenvalue weighted by Crippen LogP contribution is 2.25. The van der Waals surface area contributed by atoms with Crippen LogP contribution in [0.2, 0.25) is 0 Å². The van der Waals surface area contributed by atoms with Gasteiger partial charge in [-0.05, 0) is 44.4 Å². The first kappa shape index (κ1) is 22.8. The fourth-order valence-electron chi connectivity index (χ4n) is 2.46. The number of hydrogen-bond donors (Lipinski definition) is 3. The van der Waals surface area contributed by atoms with Crippen LogP contribution >= 0.6 is 0 Å². The highest BCUT2D eigenvalue weighted by molar-refractivity contribution is 5.76. The molecule has 1 aromatic rings. The van der Waals surface area contributed by atoms with E-state index >= 15 is 0 Å². The Hall–Kier alpha value is -2.28. The summed E-state index contributed by atoms with van der Waals surface area (Å²) in [5.41, 5.74) is 6.45. The summed E-state index contributed by atoms with van der Waals surface area (Å²) in [6.45, 7) is 5.42. The van der Waals surface area contributed by atoms with E-state index in [4.69, 9.17) is 15.2 Å². The zero-order valence-corrected chi connectivity index (χ0v) is 16.3. The summed E-state index contributed by atoms with van der Waals surface area (Å²) in [5, 5.41) is 18.8. The molecule has 0 saturated heterocycles. The minimum absolute atomic E-state index is 0.144. The van der Waals surface area contributed by atoms with Crippen LogP contribution < -0.4 is 5.73 Å². The Morgan fingerprint density at radius 2 is 1.70 bits per heavy atom. The van der Waals surface area contributed by atoms with Crippen LogP contribution in [0.1, 0.15) is 58.4 Å². The van der Waals surface area contributed by atoms with Crippen LogP contribution in [-0.4, -0.2) is 40.4 Å². The second-order valence-electron chi connectivity index (χ2n) is 6.78. The fraction of sp³-hybridized carbons (Fsp3) is 0.600. The van der Waals surface area contributed by atoms with E-state index in [2.05, 4.69) is 6.92 Å². The van der Waals surface area contributed by atoms with Crippen LogP contribution in [0.25, 0.3) is 0 Å². The molecule has 0 aliphatic rings. The van der Waals surface area contributed by atoms with Crippen molar-refractivity contribution in [2.75, 3.05) is 0 Å². The van der Waals surface area contributed by atoms with Crippen molar-refractivity contribution in [3.8, 4) is 11.5 Å². The first-order valence-electron chi connectivity index (χ1n) is 9.41. The van der Waals surface area contributed by atoms with Gasteiger partial charge in [0, 0.05) is 6.42 Å². The SMILES string of the molecule is CCCCCCC(=O)OC(C)[C@H](C)OC(=O)[C@@H](N)Cc1ccc(O)c(O)c1. The zero-order valence-electron chi connectivity index (χ0n) is 16.3. The Kier molecular flexibility index (Phi) is 9.64. The summed E-state index contributed by atoms with van der Waals surface area (Å²) >= 11 is 0. The molecule has 1 rings (SSSR count). The van der Waals surface area contributed by atoms with Gasteiger partial charge in [0.25, 0.3) is 0 Å². The van der Waals surface area contributed by atoms with Crippen molar-refractivity contribution in [3.63, 3.8) is 0 Å². The standard InChI is InChI=1S/C20H31NO6/c1-4-5-6-7-8-19(24)26-13(2)14(3)27-20(25)16(21)11-15-9-10-17(22)18(23)12-15/h9-10,12-14,16,22-23H,4-8,11,21H2,1-3H3/t13?,14-,16-/m0/s1. The number of aromatic hydroxyl groups is 2. The lowest BCUT2D eigenvalue weighted by Crippen LogP contribution is -2.39. The molecule has 7 nitrogen and oxygen atoms in total. The first-order valence-corrected chi connectivity index (χ1v) is 9.41. The van der Waals surface area contributed by atoms with Gasteiger partial charge in [-0.2, -0.15) is 0 Å². The van der Waals surface area contributed by atoms with Gasteiger partial charge >= 0.3 is 11.9 Å². The normalized spacial score (nSPS) is 14.2. The van der Waals surface area contributed by atoms with Gasteiger partial charge < -0.3 is 25.4 Å². The van der Waals surface area contributed by atoms with E-state index in [1.165, 1.54) is 12.1 Å². The quantitative estimate of drug-likeness (QED) is 0.306. The number of nitrogens with two attached hydrogens (primary N) is 1. The van der Waals surface area contributed by atoms with Gasteiger partial charge in [0.05, 0.1) is 0 Å². The van der Waals surface area contributed by atoms with Gasteiger partial charge in [-0.15, -0.1) is 0 Å². The van der Waals surface area contributed by atoms with Gasteiger partial charge in [-0.3, -0.25) is 9.59 Å². The third kappa shape index (κ3) is 8.30. The number of carbonyl (C=O) groups excluding carboxylic acids is 2. The van der Waals surface area contributed by atoms with Gasteiger partial charge in [0.1, 0.15) is 18.2 Å². The summed E-state index contributed by atoms with van der Waals surface area (Å²) in [7, 11) is 0. The average Bonchev–Trinajstić information content (AvgIpc) is 2.61. The third-order valence-corrected chi connectivity index (χ3v) is 4.31. The van der Waals surface area contributed by atoms with E-state index in [1.807, 2.05) is 0 Å². The third-order valence-electron chi connectivity index (χ3n) is 4.31. The largest absolute Gasteiger partial charge is 0.504 e. The summed E-state index contributed by atoms with van der Waals surface area (Å²) in [4.78, 5) is 24.0. The van der Waals surface area contributed by atoms with E-state index < -0.39 is 24.2 Å². The van der Waals surface area contributed by atoms with Crippen molar-refractivity contribution in [1.82, 2.24) is 0 Å². The van der Waals surface area contributed by atoms with E-state index in [9.17, 15) is 19.8 Å². The van der Waals surface area contributed by atoms with Crippen molar-refractivity contribution in [1.29, 1.82) is 0 Å². The highest BCUT2D eigenvalue weighted by atomic mass is 16.6. The molecule has 4 N–H and O–H groups in total. The Balaban J connectivity index is 2.42. The minimum Gasteiger partial charge on any atom is -0.504 e. The highest BCUT2D eigenvalue weighted by Gasteiger charge is 2.24. The van der Waals surface area contributed by atoms with Crippen molar-refractivity contribution in [3.05, 3.63) is 23.8 Å². The van der Waals surface area contributed by atoms with Crippen LogP contribution in [-0.2, 0) is 25.5 Å². The zero-order chi connectivity index (χ0) is 20.4. The lowest BCUT2D eigenvalue weighted by Gasteiger charge is -2.22. The molecule has 0 amide bonds. The predicted octanol–water partition coefficient (Wildman–Crippen LogP) is 2.80. The van der Waals surface area contributed by atoms with E-state index in [-0.39, 0.29) is 23.9 Å². The van der Waals surface area contributed by atoms with Crippen molar-refractivity contribution in [2.24, 2.45) is 5.73 Å². The molecule has 0 saturated carbocycles. The Morgan fingerprint density at radius 1 is 1.04 bits per heavy atom. The lowest BCUT2D eigenvalue weighted by atomic mass is 10.1. The number of esters is 2. The van der Waals surface area contributed by atoms with Crippen molar-refractivity contribution >= 4 is 11.9 Å². The number of benzene rings is 1. The molecule has 0 aromatic heterocycles.